The van der Waals surface area contributed by atoms with E-state index in [1.165, 1.54) is 0 Å². The molecule has 0 bridgehead atoms. The molecule has 34 heavy (non-hydrogen) atoms. The van der Waals surface area contributed by atoms with Crippen LogP contribution in [0.25, 0.3) is 11.3 Å². The average Bonchev–Trinajstić information content (AvgIpc) is 3.59. The van der Waals surface area contributed by atoms with Crippen molar-refractivity contribution in [2.45, 2.75) is 51.8 Å². The first-order chi connectivity index (χ1) is 16.4. The van der Waals surface area contributed by atoms with Crippen LogP contribution in [-0.4, -0.2) is 28.4 Å². The number of ether oxygens (including phenoxy) is 1. The molecule has 4 rings (SSSR count). The molecule has 1 heterocycles. The van der Waals surface area contributed by atoms with Gasteiger partial charge in [-0.05, 0) is 37.3 Å². The predicted molar refractivity (Wildman–Crippen MR) is 127 cm³/mol. The van der Waals surface area contributed by atoms with E-state index < -0.39 is 24.2 Å². The molecule has 2 unspecified atom stereocenters. The number of carbonyl (C=O) groups is 2. The topological polar surface area (TPSA) is 114 Å². The van der Waals surface area contributed by atoms with E-state index in [-0.39, 0.29) is 0 Å². The van der Waals surface area contributed by atoms with Gasteiger partial charge in [-0.3, -0.25) is 10.1 Å². The van der Waals surface area contributed by atoms with E-state index in [1.54, 1.807) is 6.92 Å². The maximum absolute atomic E-state index is 12.5. The zero-order valence-electron chi connectivity index (χ0n) is 19.3. The van der Waals surface area contributed by atoms with E-state index in [1.807, 2.05) is 61.5 Å². The highest BCUT2D eigenvalue weighted by Gasteiger charge is 2.28. The van der Waals surface area contributed by atoms with Gasteiger partial charge >= 0.3 is 12.1 Å². The molecule has 1 aliphatic rings. The summed E-state index contributed by atoms with van der Waals surface area (Å²) in [7, 11) is 0. The summed E-state index contributed by atoms with van der Waals surface area (Å²) >= 11 is 0. The second-order valence-electron chi connectivity index (χ2n) is 8.70. The largest absolute Gasteiger partial charge is 0.480 e. The molecule has 1 saturated carbocycles. The summed E-state index contributed by atoms with van der Waals surface area (Å²) in [5.41, 5.74) is 3.57. The SMILES string of the molecule is Cc1noc(-c2ccc(CNC(CC3CC3)C(=O)O)cc2)c1NC(=O)OC(C)c1ccccc1. The lowest BCUT2D eigenvalue weighted by Crippen LogP contribution is -2.36. The first-order valence-corrected chi connectivity index (χ1v) is 11.4. The average molecular weight is 464 g/mol. The van der Waals surface area contributed by atoms with E-state index >= 15 is 0 Å². The number of hydrogen-bond donors (Lipinski definition) is 3. The number of rotatable bonds is 10. The zero-order valence-corrected chi connectivity index (χ0v) is 19.3. The third-order valence-electron chi connectivity index (χ3n) is 5.98. The van der Waals surface area contributed by atoms with Gasteiger partial charge in [0.25, 0.3) is 0 Å². The normalized spacial score (nSPS) is 14.9. The molecule has 0 saturated heterocycles. The Balaban J connectivity index is 1.39. The lowest BCUT2D eigenvalue weighted by molar-refractivity contribution is -0.139. The van der Waals surface area contributed by atoms with E-state index in [2.05, 4.69) is 15.8 Å². The van der Waals surface area contributed by atoms with Crippen molar-refractivity contribution >= 4 is 17.7 Å². The zero-order chi connectivity index (χ0) is 24.1. The van der Waals surface area contributed by atoms with Crippen molar-refractivity contribution in [2.24, 2.45) is 5.92 Å². The summed E-state index contributed by atoms with van der Waals surface area (Å²) in [5, 5.41) is 19.3. The molecule has 2 aromatic carbocycles. The molecule has 3 aromatic rings. The summed E-state index contributed by atoms with van der Waals surface area (Å²) in [6.45, 7) is 4.00. The fourth-order valence-corrected chi connectivity index (χ4v) is 3.77. The number of aliphatic carboxylic acids is 1. The first-order valence-electron chi connectivity index (χ1n) is 11.4. The molecule has 3 N–H and O–H groups in total. The van der Waals surface area contributed by atoms with Gasteiger partial charge in [0, 0.05) is 12.1 Å². The minimum absolute atomic E-state index is 0.411. The minimum atomic E-state index is -0.815. The van der Waals surface area contributed by atoms with Crippen molar-refractivity contribution in [1.82, 2.24) is 10.5 Å². The molecule has 2 atom stereocenters. The second-order valence-corrected chi connectivity index (χ2v) is 8.70. The van der Waals surface area contributed by atoms with Gasteiger partial charge in [-0.25, -0.2) is 4.79 Å². The maximum atomic E-state index is 12.5. The molecule has 1 fully saturated rings. The number of anilines is 1. The Morgan fingerprint density at radius 3 is 2.50 bits per heavy atom. The monoisotopic (exact) mass is 463 g/mol. The summed E-state index contributed by atoms with van der Waals surface area (Å²) in [4.78, 5) is 24.0. The fraction of sp³-hybridized carbons (Fsp3) is 0.346. The number of benzene rings is 2. The van der Waals surface area contributed by atoms with Gasteiger partial charge < -0.3 is 19.7 Å². The number of nitrogens with zero attached hydrogens (tertiary/aromatic N) is 1. The number of hydrogen-bond acceptors (Lipinski definition) is 6. The third-order valence-corrected chi connectivity index (χ3v) is 5.98. The van der Waals surface area contributed by atoms with E-state index in [9.17, 15) is 14.7 Å². The van der Waals surface area contributed by atoms with Crippen LogP contribution < -0.4 is 10.6 Å². The van der Waals surface area contributed by atoms with Crippen LogP contribution in [-0.2, 0) is 16.1 Å². The van der Waals surface area contributed by atoms with Crippen molar-refractivity contribution < 1.29 is 24.0 Å². The van der Waals surface area contributed by atoms with E-state index in [4.69, 9.17) is 9.26 Å². The van der Waals surface area contributed by atoms with Crippen molar-refractivity contribution in [3.63, 3.8) is 0 Å². The van der Waals surface area contributed by atoms with Crippen molar-refractivity contribution in [3.05, 3.63) is 71.4 Å². The lowest BCUT2D eigenvalue weighted by Gasteiger charge is -2.15. The van der Waals surface area contributed by atoms with Crippen LogP contribution in [0.4, 0.5) is 10.5 Å². The Labute approximate surface area is 198 Å². The van der Waals surface area contributed by atoms with Crippen LogP contribution in [0.2, 0.25) is 0 Å². The highest BCUT2D eigenvalue weighted by molar-refractivity contribution is 5.90. The van der Waals surface area contributed by atoms with Crippen LogP contribution in [0.5, 0.6) is 0 Å². The molecular weight excluding hydrogens is 434 g/mol. The van der Waals surface area contributed by atoms with Gasteiger partial charge in [0.2, 0.25) is 0 Å². The quantitative estimate of drug-likeness (QED) is 0.374. The summed E-state index contributed by atoms with van der Waals surface area (Å²) < 4.78 is 11.0. The molecule has 1 amide bonds. The molecule has 0 spiro atoms. The van der Waals surface area contributed by atoms with Gasteiger partial charge in [0.1, 0.15) is 23.5 Å². The van der Waals surface area contributed by atoms with E-state index in [0.29, 0.717) is 36.0 Å². The molecule has 0 radical (unpaired) electrons. The van der Waals surface area contributed by atoms with Gasteiger partial charge in [-0.15, -0.1) is 0 Å². The number of aromatic nitrogens is 1. The van der Waals surface area contributed by atoms with Crippen molar-refractivity contribution in [2.75, 3.05) is 5.32 Å². The molecule has 1 aromatic heterocycles. The van der Waals surface area contributed by atoms with Gasteiger partial charge in [0.05, 0.1) is 0 Å². The van der Waals surface area contributed by atoms with Crippen LogP contribution in [0.15, 0.2) is 59.1 Å². The number of carbonyl (C=O) groups excluding carboxylic acids is 1. The molecule has 178 valence electrons. The van der Waals surface area contributed by atoms with Crippen LogP contribution >= 0.6 is 0 Å². The summed E-state index contributed by atoms with van der Waals surface area (Å²) in [5.74, 6) is 0.141. The van der Waals surface area contributed by atoms with Crippen molar-refractivity contribution in [3.8, 4) is 11.3 Å². The van der Waals surface area contributed by atoms with E-state index in [0.717, 1.165) is 29.5 Å². The van der Waals surface area contributed by atoms with Crippen molar-refractivity contribution in [1.29, 1.82) is 0 Å². The number of carboxylic acid groups (broad SMARTS) is 1. The number of aryl methyl sites for hydroxylation is 1. The Morgan fingerprint density at radius 2 is 1.85 bits per heavy atom. The molecule has 0 aliphatic heterocycles. The Morgan fingerprint density at radius 1 is 1.15 bits per heavy atom. The first kappa shape index (κ1) is 23.5. The Kier molecular flexibility index (Phi) is 7.27. The summed E-state index contributed by atoms with van der Waals surface area (Å²) in [6.07, 6.45) is 1.89. The predicted octanol–water partition coefficient (Wildman–Crippen LogP) is 5.30. The standard InChI is InChI=1S/C26H29N3O5/c1-16-23(28-26(32)33-17(2)20-6-4-3-5-7-20)24(34-29-16)21-12-10-19(11-13-21)15-27-22(25(30)31)14-18-8-9-18/h3-7,10-13,17-18,22,27H,8-9,14-15H2,1-2H3,(H,28,32)(H,30,31). The highest BCUT2D eigenvalue weighted by Crippen LogP contribution is 2.34. The van der Waals surface area contributed by atoms with Gasteiger partial charge in [-0.1, -0.05) is 72.6 Å². The van der Waals surface area contributed by atoms with Gasteiger partial charge in [-0.2, -0.15) is 0 Å². The molecular formula is C26H29N3O5. The smallest absolute Gasteiger partial charge is 0.412 e. The third kappa shape index (κ3) is 6.02. The maximum Gasteiger partial charge on any atom is 0.412 e. The molecule has 8 nitrogen and oxygen atoms in total. The van der Waals surface area contributed by atoms with Crippen LogP contribution in [0, 0.1) is 12.8 Å². The summed E-state index contributed by atoms with van der Waals surface area (Å²) in [6, 6.07) is 16.5. The Hall–Kier alpha value is -3.65. The van der Waals surface area contributed by atoms with Gasteiger partial charge in [0.15, 0.2) is 5.76 Å². The second kappa shape index (κ2) is 10.5. The Bertz CT molecular complexity index is 1120. The number of amides is 1. The van der Waals surface area contributed by atoms with Crippen LogP contribution in [0.1, 0.15) is 49.1 Å². The fourth-order valence-electron chi connectivity index (χ4n) is 3.77. The molecule has 1 aliphatic carbocycles. The highest BCUT2D eigenvalue weighted by atomic mass is 16.6. The number of carboxylic acids is 1. The molecule has 8 heteroatoms. The van der Waals surface area contributed by atoms with Crippen LogP contribution in [0.3, 0.4) is 0 Å². The minimum Gasteiger partial charge on any atom is -0.480 e. The lowest BCUT2D eigenvalue weighted by atomic mass is 10.1. The number of nitrogens with one attached hydrogen (secondary N) is 2.